The number of aromatic nitrogens is 1. The molecule has 0 unspecified atom stereocenters. The zero-order valence-corrected chi connectivity index (χ0v) is 16.0. The second kappa shape index (κ2) is 7.39. The highest BCUT2D eigenvalue weighted by molar-refractivity contribution is 7.21. The third-order valence-electron chi connectivity index (χ3n) is 4.08. The highest BCUT2D eigenvalue weighted by atomic mass is 35.5. The second-order valence-corrected chi connectivity index (χ2v) is 7.31. The lowest BCUT2D eigenvalue weighted by atomic mass is 10.1. The molecule has 0 aliphatic heterocycles. The molecule has 1 amide bonds. The lowest BCUT2D eigenvalue weighted by Gasteiger charge is -2.08. The van der Waals surface area contributed by atoms with Crippen LogP contribution in [0.1, 0.15) is 10.4 Å². The number of thiazole rings is 1. The minimum absolute atomic E-state index is 0.224. The fourth-order valence-electron chi connectivity index (χ4n) is 2.72. The molecule has 4 rings (SSSR count). The van der Waals surface area contributed by atoms with Crippen LogP contribution in [0.3, 0.4) is 0 Å². The molecule has 1 N–H and O–H groups in total. The summed E-state index contributed by atoms with van der Waals surface area (Å²) in [5, 5.41) is 4.25. The van der Waals surface area contributed by atoms with Crippen LogP contribution >= 0.6 is 22.9 Å². The van der Waals surface area contributed by atoms with Gasteiger partial charge in [-0.25, -0.2) is 4.98 Å². The van der Waals surface area contributed by atoms with Gasteiger partial charge in [-0.15, -0.1) is 11.3 Å². The topological polar surface area (TPSA) is 51.2 Å². The molecule has 0 aliphatic carbocycles. The van der Waals surface area contributed by atoms with Gasteiger partial charge in [0.1, 0.15) is 10.8 Å². The molecule has 134 valence electrons. The number of halogens is 1. The summed E-state index contributed by atoms with van der Waals surface area (Å²) in [5.74, 6) is 0.407. The maximum absolute atomic E-state index is 12.4. The Bertz CT molecular complexity index is 1110. The van der Waals surface area contributed by atoms with Gasteiger partial charge in [-0.3, -0.25) is 4.79 Å². The van der Waals surface area contributed by atoms with Crippen molar-refractivity contribution in [2.75, 3.05) is 12.4 Å². The molecular weight excluding hydrogens is 380 g/mol. The highest BCUT2D eigenvalue weighted by Crippen LogP contribution is 2.35. The Morgan fingerprint density at radius 1 is 1.07 bits per heavy atom. The number of ether oxygens (including phenoxy) is 1. The van der Waals surface area contributed by atoms with Gasteiger partial charge in [-0.2, -0.15) is 0 Å². The maximum Gasteiger partial charge on any atom is 0.255 e. The van der Waals surface area contributed by atoms with Crippen molar-refractivity contribution >= 4 is 44.7 Å². The minimum Gasteiger partial charge on any atom is -0.497 e. The van der Waals surface area contributed by atoms with E-state index in [-0.39, 0.29) is 5.91 Å². The number of hydrogen-bond acceptors (Lipinski definition) is 4. The smallest absolute Gasteiger partial charge is 0.255 e. The number of anilines is 1. The van der Waals surface area contributed by atoms with Crippen molar-refractivity contribution in [1.82, 2.24) is 4.98 Å². The summed E-state index contributed by atoms with van der Waals surface area (Å²) in [6.45, 7) is 0. The van der Waals surface area contributed by atoms with E-state index in [1.807, 2.05) is 36.4 Å². The van der Waals surface area contributed by atoms with Crippen molar-refractivity contribution in [3.05, 3.63) is 77.3 Å². The third-order valence-corrected chi connectivity index (χ3v) is 5.47. The maximum atomic E-state index is 12.4. The summed E-state index contributed by atoms with van der Waals surface area (Å²) in [6, 6.07) is 20.4. The van der Waals surface area contributed by atoms with Crippen LogP contribution in [0.2, 0.25) is 5.02 Å². The normalized spacial score (nSPS) is 10.7. The summed E-state index contributed by atoms with van der Waals surface area (Å²) in [7, 11) is 1.57. The molecule has 1 heterocycles. The van der Waals surface area contributed by atoms with Crippen LogP contribution in [0.15, 0.2) is 66.7 Å². The van der Waals surface area contributed by atoms with Gasteiger partial charge in [-0.05, 0) is 48.5 Å². The van der Waals surface area contributed by atoms with Crippen LogP contribution in [0.25, 0.3) is 20.8 Å². The largest absolute Gasteiger partial charge is 0.497 e. The molecule has 6 heteroatoms. The summed E-state index contributed by atoms with van der Waals surface area (Å²) in [4.78, 5) is 17.1. The van der Waals surface area contributed by atoms with E-state index in [0.717, 1.165) is 20.8 Å². The van der Waals surface area contributed by atoms with E-state index in [9.17, 15) is 4.79 Å². The van der Waals surface area contributed by atoms with Crippen LogP contribution < -0.4 is 10.1 Å². The van der Waals surface area contributed by atoms with Crippen molar-refractivity contribution in [2.45, 2.75) is 0 Å². The number of methoxy groups -OCH3 is 1. The Morgan fingerprint density at radius 3 is 2.70 bits per heavy atom. The zero-order chi connectivity index (χ0) is 18.8. The molecule has 4 aromatic rings. The standard InChI is InChI=1S/C21H15ClN2O2S/c1-26-15-6-4-5-13(11-15)20(25)23-14-9-10-16(17(22)12-14)21-24-18-7-2-3-8-19(18)27-21/h2-12H,1H3,(H,23,25). The molecule has 1 aromatic heterocycles. The molecule has 27 heavy (non-hydrogen) atoms. The number of amides is 1. The average Bonchev–Trinajstić information content (AvgIpc) is 3.12. The predicted molar refractivity (Wildman–Crippen MR) is 111 cm³/mol. The van der Waals surface area contributed by atoms with E-state index in [1.54, 1.807) is 48.8 Å². The van der Waals surface area contributed by atoms with E-state index < -0.39 is 0 Å². The van der Waals surface area contributed by atoms with Crippen molar-refractivity contribution in [2.24, 2.45) is 0 Å². The van der Waals surface area contributed by atoms with Crippen molar-refractivity contribution < 1.29 is 9.53 Å². The van der Waals surface area contributed by atoms with Crippen molar-refractivity contribution in [3.8, 4) is 16.3 Å². The Morgan fingerprint density at radius 2 is 1.93 bits per heavy atom. The fraction of sp³-hybridized carbons (Fsp3) is 0.0476. The first-order valence-corrected chi connectivity index (χ1v) is 9.44. The Hall–Kier alpha value is -2.89. The number of fused-ring (bicyclic) bond motifs is 1. The number of benzene rings is 3. The molecular formula is C21H15ClN2O2S. The summed E-state index contributed by atoms with van der Waals surface area (Å²) in [5.41, 5.74) is 2.93. The second-order valence-electron chi connectivity index (χ2n) is 5.87. The number of rotatable bonds is 4. The van der Waals surface area contributed by atoms with Crippen LogP contribution in [-0.4, -0.2) is 18.0 Å². The number of hydrogen-bond donors (Lipinski definition) is 1. The lowest BCUT2D eigenvalue weighted by Crippen LogP contribution is -2.11. The molecule has 3 aromatic carbocycles. The SMILES string of the molecule is COc1cccc(C(=O)Nc2ccc(-c3nc4ccccc4s3)c(Cl)c2)c1. The fourth-order valence-corrected chi connectivity index (χ4v) is 4.05. The Kier molecular flexibility index (Phi) is 4.79. The summed E-state index contributed by atoms with van der Waals surface area (Å²) < 4.78 is 6.27. The Balaban J connectivity index is 1.58. The van der Waals surface area contributed by atoms with Gasteiger partial charge in [0, 0.05) is 16.8 Å². The molecule has 4 nitrogen and oxygen atoms in total. The van der Waals surface area contributed by atoms with Crippen molar-refractivity contribution in [1.29, 1.82) is 0 Å². The summed E-state index contributed by atoms with van der Waals surface area (Å²) in [6.07, 6.45) is 0. The Labute approximate surface area is 165 Å². The van der Waals surface area contributed by atoms with Crippen molar-refractivity contribution in [3.63, 3.8) is 0 Å². The monoisotopic (exact) mass is 394 g/mol. The minimum atomic E-state index is -0.224. The quantitative estimate of drug-likeness (QED) is 0.470. The zero-order valence-electron chi connectivity index (χ0n) is 14.4. The van der Waals surface area contributed by atoms with Crippen LogP contribution in [0, 0.1) is 0 Å². The number of carbonyl (C=O) groups excluding carboxylic acids is 1. The molecule has 0 atom stereocenters. The number of para-hydroxylation sites is 1. The number of nitrogens with zero attached hydrogens (tertiary/aromatic N) is 1. The van der Waals surface area contributed by atoms with E-state index in [1.165, 1.54) is 0 Å². The van der Waals surface area contributed by atoms with Gasteiger partial charge in [0.25, 0.3) is 5.91 Å². The van der Waals surface area contributed by atoms with E-state index in [4.69, 9.17) is 16.3 Å². The molecule has 0 saturated carbocycles. The first-order chi connectivity index (χ1) is 13.1. The molecule has 0 radical (unpaired) electrons. The first kappa shape index (κ1) is 17.5. The van der Waals surface area contributed by atoms with E-state index >= 15 is 0 Å². The van der Waals surface area contributed by atoms with Gasteiger partial charge >= 0.3 is 0 Å². The van der Waals surface area contributed by atoms with E-state index in [0.29, 0.717) is 22.0 Å². The van der Waals surface area contributed by atoms with Crippen LogP contribution in [-0.2, 0) is 0 Å². The summed E-state index contributed by atoms with van der Waals surface area (Å²) >= 11 is 8.05. The molecule has 0 bridgehead atoms. The van der Waals surface area contributed by atoms with Gasteiger partial charge in [-0.1, -0.05) is 29.8 Å². The molecule has 0 aliphatic rings. The number of carbonyl (C=O) groups is 1. The van der Waals surface area contributed by atoms with E-state index in [2.05, 4.69) is 10.3 Å². The van der Waals surface area contributed by atoms with Gasteiger partial charge in [0.15, 0.2) is 0 Å². The van der Waals surface area contributed by atoms with Crippen LogP contribution in [0.5, 0.6) is 5.75 Å². The average molecular weight is 395 g/mol. The molecule has 0 saturated heterocycles. The van der Waals surface area contributed by atoms with Gasteiger partial charge in [0.2, 0.25) is 0 Å². The third kappa shape index (κ3) is 3.65. The predicted octanol–water partition coefficient (Wildman–Crippen LogP) is 5.88. The highest BCUT2D eigenvalue weighted by Gasteiger charge is 2.12. The number of nitrogens with one attached hydrogen (secondary N) is 1. The first-order valence-electron chi connectivity index (χ1n) is 8.25. The van der Waals surface area contributed by atoms with Crippen LogP contribution in [0.4, 0.5) is 5.69 Å². The lowest BCUT2D eigenvalue weighted by molar-refractivity contribution is 0.102. The van der Waals surface area contributed by atoms with Gasteiger partial charge < -0.3 is 10.1 Å². The molecule has 0 spiro atoms. The van der Waals surface area contributed by atoms with Gasteiger partial charge in [0.05, 0.1) is 22.3 Å². The molecule has 0 fully saturated rings.